The number of ether oxygens (including phenoxy) is 3. The van der Waals surface area contributed by atoms with Crippen molar-refractivity contribution < 1.29 is 39.0 Å². The minimum atomic E-state index is -2.19. The molecule has 3 saturated heterocycles. The van der Waals surface area contributed by atoms with Crippen LogP contribution in [0.15, 0.2) is 46.0 Å². The third kappa shape index (κ3) is 7.10. The maximum Gasteiger partial charge on any atom is 0.280 e. The van der Waals surface area contributed by atoms with Gasteiger partial charge in [0.25, 0.3) is 16.7 Å². The quantitative estimate of drug-likeness (QED) is 0.0931. The van der Waals surface area contributed by atoms with Crippen LogP contribution in [0.2, 0.25) is 0 Å². The van der Waals surface area contributed by atoms with Gasteiger partial charge in [0.15, 0.2) is 45.4 Å². The Kier molecular flexibility index (Phi) is 10.5. The Morgan fingerprint density at radius 1 is 0.745 bits per heavy atom. The third-order valence-electron chi connectivity index (χ3n) is 9.53. The summed E-state index contributed by atoms with van der Waals surface area (Å²) in [5.74, 6) is -0.146. The fraction of sp³-hybridized carbons (Fsp3) is 0.516. The van der Waals surface area contributed by atoms with E-state index in [1.807, 2.05) is 0 Å². The molecule has 55 heavy (non-hydrogen) atoms. The second kappa shape index (κ2) is 15.3. The summed E-state index contributed by atoms with van der Waals surface area (Å²) in [4.78, 5) is 65.9. The molecule has 9 rings (SSSR count). The van der Waals surface area contributed by atoms with Crippen LogP contribution in [0.25, 0.3) is 33.5 Å². The van der Waals surface area contributed by atoms with Crippen LogP contribution in [0, 0.1) is 0 Å². The Morgan fingerprint density at radius 2 is 1.24 bits per heavy atom. The lowest BCUT2D eigenvalue weighted by molar-refractivity contribution is -0.0566. The molecule has 0 radical (unpaired) electrons. The highest BCUT2D eigenvalue weighted by Gasteiger charge is 2.55. The number of hydrogen-bond donors (Lipinski definition) is 8. The molecule has 0 bridgehead atoms. The second-order valence-corrected chi connectivity index (χ2v) is 13.1. The number of aliphatic hydroxyl groups is 4. The van der Waals surface area contributed by atoms with Crippen LogP contribution in [0.4, 0.5) is 10.3 Å². The van der Waals surface area contributed by atoms with Crippen molar-refractivity contribution in [2.45, 2.75) is 81.4 Å². The van der Waals surface area contributed by atoms with Crippen molar-refractivity contribution >= 4 is 39.4 Å². The molecule has 0 aliphatic carbocycles. The zero-order valence-electron chi connectivity index (χ0n) is 29.1. The van der Waals surface area contributed by atoms with E-state index in [0.717, 1.165) is 32.6 Å². The minimum absolute atomic E-state index is 0.0111. The number of H-pyrrole nitrogens is 3. The third-order valence-corrected chi connectivity index (χ3v) is 9.53. The maximum absolute atomic E-state index is 14.7. The minimum Gasteiger partial charge on any atom is -0.394 e. The van der Waals surface area contributed by atoms with Gasteiger partial charge in [-0.15, -0.1) is 0 Å². The molecule has 0 unspecified atom stereocenters. The molecule has 0 amide bonds. The second-order valence-electron chi connectivity index (χ2n) is 13.1. The Morgan fingerprint density at radius 3 is 1.69 bits per heavy atom. The van der Waals surface area contributed by atoms with Crippen LogP contribution in [-0.4, -0.2) is 129 Å². The normalized spacial score (nSPS) is 27.7. The molecule has 9 heterocycles. The topological polar surface area (TPSA) is 325 Å². The number of imidazole rings is 3. The van der Waals surface area contributed by atoms with Gasteiger partial charge in [-0.3, -0.25) is 33.1 Å². The summed E-state index contributed by atoms with van der Waals surface area (Å²) in [5, 5.41) is 37.0. The molecule has 0 saturated carbocycles. The summed E-state index contributed by atoms with van der Waals surface area (Å²) in [5.41, 5.74) is 3.85. The number of anilines is 1. The molecule has 6 aromatic rings. The van der Waals surface area contributed by atoms with E-state index in [0.29, 0.717) is 22.3 Å². The van der Waals surface area contributed by atoms with Crippen molar-refractivity contribution in [2.75, 3.05) is 25.6 Å². The first-order chi connectivity index (χ1) is 26.4. The standard InChI is InChI=1S/C11H14FN5O4.2C10H12N4O3/c1-11(12)6(19)4(2-18)21-9(11)17-3-14-5-7(17)15-10(13)16-8(5)20;2*15-3-6-1-2-7(17-6)14-5-13-8-9(14)11-4-12-10(8)16/h3-4,6,9,18-19H,2H2,1H3,(H3,13,15,16,20);2*4-7,15H,1-3H2,(H,11,12,16)/t4-,6-,9-,11-;2*6-,7+/m100/s1. The first kappa shape index (κ1) is 37.8. The van der Waals surface area contributed by atoms with Gasteiger partial charge in [-0.25, -0.2) is 29.3 Å². The van der Waals surface area contributed by atoms with E-state index in [9.17, 15) is 23.9 Å². The van der Waals surface area contributed by atoms with Crippen molar-refractivity contribution in [1.29, 1.82) is 0 Å². The van der Waals surface area contributed by atoms with Crippen molar-refractivity contribution in [1.82, 2.24) is 58.6 Å². The summed E-state index contributed by atoms with van der Waals surface area (Å²) < 4.78 is 35.9. The van der Waals surface area contributed by atoms with Gasteiger partial charge in [0.2, 0.25) is 5.95 Å². The molecular formula is C31H38FN13O10. The Hall–Kier alpha value is -5.50. The van der Waals surface area contributed by atoms with E-state index in [2.05, 4.69) is 44.9 Å². The monoisotopic (exact) mass is 771 g/mol. The number of alkyl halides is 1. The molecule has 0 spiro atoms. The maximum atomic E-state index is 14.7. The van der Waals surface area contributed by atoms with E-state index >= 15 is 0 Å². The highest BCUT2D eigenvalue weighted by atomic mass is 19.1. The SMILES string of the molecule is C[C@@]1(F)[C@H](O)[C@@H](CO)O[C@H]1n1cnc2c(=O)[nH]c(N)nc21.O=c1[nH]cnc2c1ncn2[C@H]1CC[C@@H](CO)O1.O=c1[nH]cnc2c1ncn2[C@H]1CC[C@@H](CO)O1. The zero-order valence-corrected chi connectivity index (χ0v) is 29.1. The molecule has 8 atom stereocenters. The lowest BCUT2D eigenvalue weighted by Gasteiger charge is -2.24. The van der Waals surface area contributed by atoms with Gasteiger partial charge in [-0.2, -0.15) is 4.98 Å². The van der Waals surface area contributed by atoms with Gasteiger partial charge in [0.1, 0.15) is 24.7 Å². The predicted molar refractivity (Wildman–Crippen MR) is 186 cm³/mol. The molecule has 3 fully saturated rings. The highest BCUT2D eigenvalue weighted by molar-refractivity contribution is 5.71. The van der Waals surface area contributed by atoms with E-state index in [1.165, 1.54) is 23.5 Å². The van der Waals surface area contributed by atoms with E-state index in [4.69, 9.17) is 35.3 Å². The largest absolute Gasteiger partial charge is 0.394 e. The lowest BCUT2D eigenvalue weighted by Crippen LogP contribution is -2.40. The zero-order chi connectivity index (χ0) is 39.0. The van der Waals surface area contributed by atoms with Crippen LogP contribution in [-0.2, 0) is 14.2 Å². The molecule has 3 aliphatic rings. The number of hydrogen-bond acceptors (Lipinski definition) is 17. The average molecular weight is 772 g/mol. The van der Waals surface area contributed by atoms with Gasteiger partial charge in [0.05, 0.1) is 63.7 Å². The van der Waals surface area contributed by atoms with E-state index < -0.39 is 36.3 Å². The molecule has 9 N–H and O–H groups in total. The van der Waals surface area contributed by atoms with Crippen LogP contribution < -0.4 is 22.4 Å². The number of nitrogen functional groups attached to an aromatic ring is 1. The molecule has 0 aromatic carbocycles. The summed E-state index contributed by atoms with van der Waals surface area (Å²) >= 11 is 0. The summed E-state index contributed by atoms with van der Waals surface area (Å²) in [6, 6.07) is 0. The highest BCUT2D eigenvalue weighted by Crippen LogP contribution is 2.42. The van der Waals surface area contributed by atoms with Crippen molar-refractivity contribution in [3.8, 4) is 0 Å². The van der Waals surface area contributed by atoms with Crippen molar-refractivity contribution in [3.05, 3.63) is 62.7 Å². The molecule has 3 aliphatic heterocycles. The number of fused-ring (bicyclic) bond motifs is 3. The van der Waals surface area contributed by atoms with E-state index in [1.54, 1.807) is 21.8 Å². The molecule has 294 valence electrons. The van der Waals surface area contributed by atoms with Crippen LogP contribution in [0.5, 0.6) is 0 Å². The molecular weight excluding hydrogens is 733 g/mol. The number of aromatic amines is 3. The molecule has 24 heteroatoms. The molecule has 23 nitrogen and oxygen atoms in total. The number of aromatic nitrogens is 12. The first-order valence-electron chi connectivity index (χ1n) is 17.1. The Balaban J connectivity index is 0.000000128. The fourth-order valence-electron chi connectivity index (χ4n) is 6.68. The summed E-state index contributed by atoms with van der Waals surface area (Å²) in [6.45, 7) is 0.620. The number of nitrogens with two attached hydrogens (primary N) is 1. The number of halogens is 1. The first-order valence-corrected chi connectivity index (χ1v) is 17.1. The number of aliphatic hydroxyl groups excluding tert-OH is 4. The Bertz CT molecular complexity index is 2350. The number of rotatable bonds is 6. The van der Waals surface area contributed by atoms with Gasteiger partial charge < -0.3 is 50.3 Å². The summed E-state index contributed by atoms with van der Waals surface area (Å²) in [7, 11) is 0. The van der Waals surface area contributed by atoms with Crippen molar-refractivity contribution in [3.63, 3.8) is 0 Å². The van der Waals surface area contributed by atoms with Gasteiger partial charge >= 0.3 is 0 Å². The van der Waals surface area contributed by atoms with Crippen LogP contribution in [0.1, 0.15) is 51.3 Å². The van der Waals surface area contributed by atoms with E-state index in [-0.39, 0.29) is 66.1 Å². The Labute approximate surface area is 306 Å². The lowest BCUT2D eigenvalue weighted by atomic mass is 9.99. The van der Waals surface area contributed by atoms with Crippen LogP contribution >= 0.6 is 0 Å². The fourth-order valence-corrected chi connectivity index (χ4v) is 6.68. The average Bonchev–Trinajstić information content (AvgIpc) is 4.02. The van der Waals surface area contributed by atoms with Crippen molar-refractivity contribution in [2.24, 2.45) is 0 Å². The van der Waals surface area contributed by atoms with Gasteiger partial charge in [0, 0.05) is 0 Å². The summed E-state index contributed by atoms with van der Waals surface area (Å²) in [6.07, 6.45) is 5.56. The number of nitrogens with one attached hydrogen (secondary N) is 3. The van der Waals surface area contributed by atoms with Crippen LogP contribution in [0.3, 0.4) is 0 Å². The van der Waals surface area contributed by atoms with Gasteiger partial charge in [-0.1, -0.05) is 0 Å². The smallest absolute Gasteiger partial charge is 0.280 e. The predicted octanol–water partition coefficient (Wildman–Crippen LogP) is -1.74. The van der Waals surface area contributed by atoms with Gasteiger partial charge in [-0.05, 0) is 32.6 Å². The number of nitrogens with zero attached hydrogens (tertiary/aromatic N) is 9. The molecule has 6 aromatic heterocycles.